The third-order valence-electron chi connectivity index (χ3n) is 2.58. The zero-order valence-corrected chi connectivity index (χ0v) is 9.53. The van der Waals surface area contributed by atoms with Gasteiger partial charge in [0.05, 0.1) is 23.8 Å². The maximum atomic E-state index is 12.7. The van der Waals surface area contributed by atoms with Crippen LogP contribution in [0.1, 0.15) is 17.5 Å². The molecule has 1 atom stereocenters. The molecule has 0 N–H and O–H groups in total. The van der Waals surface area contributed by atoms with Crippen molar-refractivity contribution in [3.8, 4) is 11.8 Å². The molecular weight excluding hydrogens is 263 g/mol. The lowest BCUT2D eigenvalue weighted by Crippen LogP contribution is -2.22. The van der Waals surface area contributed by atoms with Gasteiger partial charge in [-0.15, -0.1) is 0 Å². The van der Waals surface area contributed by atoms with Crippen molar-refractivity contribution < 1.29 is 27.4 Å². The Bertz CT molecular complexity index is 548. The van der Waals surface area contributed by atoms with Crippen LogP contribution < -0.4 is 4.74 Å². The predicted molar refractivity (Wildman–Crippen MR) is 56.2 cm³/mol. The van der Waals surface area contributed by atoms with Gasteiger partial charge in [-0.2, -0.15) is 18.4 Å². The minimum atomic E-state index is -4.65. The van der Waals surface area contributed by atoms with E-state index in [4.69, 9.17) is 10.00 Å². The van der Waals surface area contributed by atoms with Crippen LogP contribution in [0.25, 0.3) is 0 Å². The molecule has 0 unspecified atom stereocenters. The van der Waals surface area contributed by atoms with E-state index in [1.807, 2.05) is 0 Å². The number of rotatable bonds is 2. The van der Waals surface area contributed by atoms with E-state index in [0.717, 1.165) is 6.07 Å². The lowest BCUT2D eigenvalue weighted by atomic mass is 10.1. The highest BCUT2D eigenvalue weighted by molar-refractivity contribution is 5.76. The fraction of sp³-hybridized carbons (Fsp3) is 0.333. The maximum Gasteiger partial charge on any atom is 0.417 e. The molecule has 1 aromatic rings. The highest BCUT2D eigenvalue weighted by Crippen LogP contribution is 2.34. The Hall–Kier alpha value is -2.23. The highest BCUT2D eigenvalue weighted by atomic mass is 19.4. The van der Waals surface area contributed by atoms with E-state index in [9.17, 15) is 18.0 Å². The average Bonchev–Trinajstić information content (AvgIpc) is 2.74. The van der Waals surface area contributed by atoms with Gasteiger partial charge in [-0.3, -0.25) is 0 Å². The number of hydrogen-bond donors (Lipinski definition) is 0. The van der Waals surface area contributed by atoms with Crippen molar-refractivity contribution >= 4 is 5.97 Å². The van der Waals surface area contributed by atoms with Crippen LogP contribution in [0.2, 0.25) is 0 Å². The molecule has 0 aliphatic carbocycles. The molecule has 0 spiro atoms. The third kappa shape index (κ3) is 2.78. The molecule has 1 heterocycles. The summed E-state index contributed by atoms with van der Waals surface area (Å²) in [4.78, 5) is 11.2. The Morgan fingerprint density at radius 1 is 1.42 bits per heavy atom. The fourth-order valence-electron chi connectivity index (χ4n) is 1.68. The largest absolute Gasteiger partial charge is 0.479 e. The molecule has 1 aliphatic heterocycles. The second-order valence-electron chi connectivity index (χ2n) is 3.88. The number of halogens is 3. The number of ether oxygens (including phenoxy) is 2. The van der Waals surface area contributed by atoms with Crippen molar-refractivity contribution in [2.45, 2.75) is 18.7 Å². The summed E-state index contributed by atoms with van der Waals surface area (Å²) in [6, 6.07) is 4.41. The molecule has 0 bridgehead atoms. The Morgan fingerprint density at radius 3 is 2.68 bits per heavy atom. The second-order valence-corrected chi connectivity index (χ2v) is 3.88. The standard InChI is InChI=1S/C12H8F3NO3/c13-12(14,15)9-5-8(2-1-7(9)6-16)19-10-3-4-18-11(10)17/h1-2,5,10H,3-4H2/t10-/m0/s1. The van der Waals surface area contributed by atoms with Gasteiger partial charge < -0.3 is 9.47 Å². The maximum absolute atomic E-state index is 12.7. The van der Waals surface area contributed by atoms with Gasteiger partial charge in [0.2, 0.25) is 0 Å². The van der Waals surface area contributed by atoms with E-state index in [1.54, 1.807) is 0 Å². The quantitative estimate of drug-likeness (QED) is 0.774. The van der Waals surface area contributed by atoms with E-state index >= 15 is 0 Å². The smallest absolute Gasteiger partial charge is 0.417 e. The first-order valence-corrected chi connectivity index (χ1v) is 5.36. The summed E-state index contributed by atoms with van der Waals surface area (Å²) >= 11 is 0. The number of alkyl halides is 3. The Morgan fingerprint density at radius 2 is 2.16 bits per heavy atom. The van der Waals surface area contributed by atoms with Gasteiger partial charge in [0.25, 0.3) is 0 Å². The normalized spacial score (nSPS) is 18.8. The molecule has 7 heteroatoms. The first-order chi connectivity index (χ1) is 8.91. The molecule has 0 amide bonds. The fourth-order valence-corrected chi connectivity index (χ4v) is 1.68. The lowest BCUT2D eigenvalue weighted by Gasteiger charge is -2.13. The number of cyclic esters (lactones) is 1. The summed E-state index contributed by atoms with van der Waals surface area (Å²) in [5, 5.41) is 8.63. The van der Waals surface area contributed by atoms with Crippen LogP contribution in [-0.4, -0.2) is 18.7 Å². The summed E-state index contributed by atoms with van der Waals surface area (Å²) in [5.74, 6) is -0.715. The van der Waals surface area contributed by atoms with Crippen molar-refractivity contribution in [3.63, 3.8) is 0 Å². The number of nitrogens with zero attached hydrogens (tertiary/aromatic N) is 1. The molecule has 4 nitrogen and oxygen atoms in total. The average molecular weight is 271 g/mol. The van der Waals surface area contributed by atoms with Crippen LogP contribution in [0.15, 0.2) is 18.2 Å². The van der Waals surface area contributed by atoms with Crippen molar-refractivity contribution in [3.05, 3.63) is 29.3 Å². The van der Waals surface area contributed by atoms with E-state index in [2.05, 4.69) is 4.74 Å². The van der Waals surface area contributed by atoms with Crippen molar-refractivity contribution in [2.75, 3.05) is 6.61 Å². The predicted octanol–water partition coefficient (Wildman–Crippen LogP) is 2.27. The number of hydrogen-bond acceptors (Lipinski definition) is 4. The number of benzene rings is 1. The number of esters is 1. The van der Waals surface area contributed by atoms with Crippen LogP contribution >= 0.6 is 0 Å². The van der Waals surface area contributed by atoms with E-state index in [-0.39, 0.29) is 12.4 Å². The second kappa shape index (κ2) is 4.80. The number of carbonyl (C=O) groups is 1. The Kier molecular flexibility index (Phi) is 3.34. The molecule has 100 valence electrons. The first kappa shape index (κ1) is 13.2. The minimum Gasteiger partial charge on any atom is -0.479 e. The van der Waals surface area contributed by atoms with Gasteiger partial charge >= 0.3 is 12.1 Å². The molecule has 0 aromatic heterocycles. The molecule has 0 radical (unpaired) electrons. The minimum absolute atomic E-state index is 0.116. The summed E-state index contributed by atoms with van der Waals surface area (Å²) in [5.41, 5.74) is -1.58. The molecule has 1 aliphatic rings. The summed E-state index contributed by atoms with van der Waals surface area (Å²) in [6.45, 7) is 0.186. The van der Waals surface area contributed by atoms with Gasteiger partial charge in [-0.05, 0) is 18.2 Å². The van der Waals surface area contributed by atoms with Gasteiger partial charge in [-0.25, -0.2) is 4.79 Å². The van der Waals surface area contributed by atoms with Gasteiger partial charge in [0.1, 0.15) is 5.75 Å². The summed E-state index contributed by atoms with van der Waals surface area (Å²) in [7, 11) is 0. The van der Waals surface area contributed by atoms with Crippen LogP contribution in [0, 0.1) is 11.3 Å². The topological polar surface area (TPSA) is 59.3 Å². The van der Waals surface area contributed by atoms with Crippen molar-refractivity contribution in [1.29, 1.82) is 5.26 Å². The summed E-state index contributed by atoms with van der Waals surface area (Å²) in [6.07, 6.45) is -5.25. The molecular formula is C12H8F3NO3. The lowest BCUT2D eigenvalue weighted by molar-refractivity contribution is -0.143. The molecule has 2 rings (SSSR count). The molecule has 1 saturated heterocycles. The van der Waals surface area contributed by atoms with Crippen LogP contribution in [-0.2, 0) is 15.7 Å². The van der Waals surface area contributed by atoms with Gasteiger partial charge in [0, 0.05) is 6.42 Å². The van der Waals surface area contributed by atoms with Crippen LogP contribution in [0.4, 0.5) is 13.2 Å². The van der Waals surface area contributed by atoms with Crippen LogP contribution in [0.3, 0.4) is 0 Å². The summed E-state index contributed by atoms with van der Waals surface area (Å²) < 4.78 is 47.9. The Labute approximate surface area is 106 Å². The molecule has 1 aromatic carbocycles. The van der Waals surface area contributed by atoms with Crippen molar-refractivity contribution in [2.24, 2.45) is 0 Å². The highest BCUT2D eigenvalue weighted by Gasteiger charge is 2.35. The monoisotopic (exact) mass is 271 g/mol. The zero-order valence-electron chi connectivity index (χ0n) is 9.53. The van der Waals surface area contributed by atoms with E-state index in [0.29, 0.717) is 12.5 Å². The Balaban J connectivity index is 2.28. The van der Waals surface area contributed by atoms with Crippen LogP contribution in [0.5, 0.6) is 5.75 Å². The van der Waals surface area contributed by atoms with Gasteiger partial charge in [0.15, 0.2) is 6.10 Å². The van der Waals surface area contributed by atoms with E-state index in [1.165, 1.54) is 12.1 Å². The molecule has 0 saturated carbocycles. The van der Waals surface area contributed by atoms with E-state index < -0.39 is 29.4 Å². The SMILES string of the molecule is N#Cc1ccc(O[C@H]2CCOC2=O)cc1C(F)(F)F. The number of carbonyl (C=O) groups excluding carboxylic acids is 1. The first-order valence-electron chi connectivity index (χ1n) is 5.36. The molecule has 19 heavy (non-hydrogen) atoms. The van der Waals surface area contributed by atoms with Gasteiger partial charge in [-0.1, -0.05) is 0 Å². The van der Waals surface area contributed by atoms with Crippen molar-refractivity contribution in [1.82, 2.24) is 0 Å². The third-order valence-corrected chi connectivity index (χ3v) is 2.58. The zero-order chi connectivity index (χ0) is 14.0. The molecule has 1 fully saturated rings. The number of nitriles is 1.